The number of benzene rings is 1. The van der Waals surface area contributed by atoms with Crippen LogP contribution >= 0.6 is 0 Å². The van der Waals surface area contributed by atoms with Gasteiger partial charge in [-0.2, -0.15) is 0 Å². The molecule has 1 aliphatic rings. The van der Waals surface area contributed by atoms with Gasteiger partial charge in [0.15, 0.2) is 11.6 Å². The van der Waals surface area contributed by atoms with Crippen LogP contribution in [0.4, 0.5) is 4.39 Å². The zero-order valence-electron chi connectivity index (χ0n) is 22.4. The number of aryl methyl sites for hydroxylation is 1. The number of hydrogen-bond acceptors (Lipinski definition) is 2. The molecule has 2 aromatic rings. The maximum atomic E-state index is 14.7. The van der Waals surface area contributed by atoms with Crippen LogP contribution in [-0.4, -0.2) is 11.6 Å². The van der Waals surface area contributed by atoms with Crippen molar-refractivity contribution in [3.63, 3.8) is 0 Å². The first-order valence-corrected chi connectivity index (χ1v) is 14.6. The van der Waals surface area contributed by atoms with Gasteiger partial charge < -0.3 is 4.74 Å². The minimum absolute atomic E-state index is 0.287. The standard InChI is InChI=1S/C32H48FNO/c1-3-5-7-9-10-11-13-15-23-35-32-22-19-28(25-29(32)33)31-21-18-27-24-26(17-20-30(27)34-31)16-14-12-8-6-4-2/h18-19,21-22,25-26H,3-17,20,23-24H2,1-2H3. The van der Waals surface area contributed by atoms with Gasteiger partial charge in [0.2, 0.25) is 0 Å². The number of aromatic nitrogens is 1. The molecule has 3 heteroatoms. The smallest absolute Gasteiger partial charge is 0.165 e. The number of rotatable bonds is 17. The average molecular weight is 482 g/mol. The van der Waals surface area contributed by atoms with E-state index < -0.39 is 0 Å². The second kappa shape index (κ2) is 16.0. The van der Waals surface area contributed by atoms with E-state index in [0.29, 0.717) is 12.4 Å². The molecule has 3 rings (SSSR count). The van der Waals surface area contributed by atoms with Gasteiger partial charge in [-0.05, 0) is 61.4 Å². The van der Waals surface area contributed by atoms with Gasteiger partial charge in [0, 0.05) is 11.3 Å². The molecule has 0 amide bonds. The Bertz CT molecular complexity index is 865. The monoisotopic (exact) mass is 481 g/mol. The lowest BCUT2D eigenvalue weighted by molar-refractivity contribution is 0.290. The van der Waals surface area contributed by atoms with Crippen LogP contribution < -0.4 is 4.74 Å². The van der Waals surface area contributed by atoms with Crippen molar-refractivity contribution in [2.75, 3.05) is 6.61 Å². The zero-order chi connectivity index (χ0) is 24.7. The normalized spacial score (nSPS) is 15.2. The maximum absolute atomic E-state index is 14.7. The molecule has 1 aromatic carbocycles. The van der Waals surface area contributed by atoms with E-state index in [-0.39, 0.29) is 5.82 Å². The van der Waals surface area contributed by atoms with Crippen LogP contribution in [0.3, 0.4) is 0 Å². The van der Waals surface area contributed by atoms with Crippen LogP contribution in [0, 0.1) is 11.7 Å². The Hall–Kier alpha value is -1.90. The summed E-state index contributed by atoms with van der Waals surface area (Å²) in [4.78, 5) is 4.92. The lowest BCUT2D eigenvalue weighted by Crippen LogP contribution is -2.15. The summed E-state index contributed by atoms with van der Waals surface area (Å²) < 4.78 is 20.5. The minimum atomic E-state index is -0.287. The van der Waals surface area contributed by atoms with Crippen LogP contribution in [0.5, 0.6) is 5.75 Å². The summed E-state index contributed by atoms with van der Waals surface area (Å²) in [7, 11) is 0. The molecule has 1 aromatic heterocycles. The highest BCUT2D eigenvalue weighted by atomic mass is 19.1. The van der Waals surface area contributed by atoms with Gasteiger partial charge in [0.25, 0.3) is 0 Å². The van der Waals surface area contributed by atoms with Crippen molar-refractivity contribution in [2.24, 2.45) is 5.92 Å². The number of fused-ring (bicyclic) bond motifs is 1. The number of nitrogens with zero attached hydrogens (tertiary/aromatic N) is 1. The molecule has 1 heterocycles. The van der Waals surface area contributed by atoms with Gasteiger partial charge in [-0.25, -0.2) is 4.39 Å². The molecular weight excluding hydrogens is 433 g/mol. The molecule has 0 spiro atoms. The van der Waals surface area contributed by atoms with Crippen LogP contribution in [0.1, 0.15) is 121 Å². The van der Waals surface area contributed by atoms with Gasteiger partial charge in [-0.1, -0.05) is 103 Å². The first-order chi connectivity index (χ1) is 17.2. The van der Waals surface area contributed by atoms with Crippen LogP contribution in [0.25, 0.3) is 11.3 Å². The Balaban J connectivity index is 1.43. The highest BCUT2D eigenvalue weighted by Gasteiger charge is 2.20. The topological polar surface area (TPSA) is 22.1 Å². The molecule has 0 saturated heterocycles. The van der Waals surface area contributed by atoms with E-state index in [1.165, 1.54) is 94.7 Å². The fraction of sp³-hybridized carbons (Fsp3) is 0.656. The fourth-order valence-electron chi connectivity index (χ4n) is 5.33. The van der Waals surface area contributed by atoms with Gasteiger partial charge in [-0.3, -0.25) is 4.98 Å². The summed E-state index contributed by atoms with van der Waals surface area (Å²) in [6, 6.07) is 9.59. The third-order valence-corrected chi connectivity index (χ3v) is 7.57. The number of pyridine rings is 1. The lowest BCUT2D eigenvalue weighted by atomic mass is 9.83. The molecule has 0 fully saturated rings. The van der Waals surface area contributed by atoms with Crippen molar-refractivity contribution in [2.45, 2.75) is 123 Å². The summed E-state index contributed by atoms with van der Waals surface area (Å²) >= 11 is 0. The molecular formula is C32H48FNO. The molecule has 0 N–H and O–H groups in total. The summed E-state index contributed by atoms with van der Waals surface area (Å²) in [5, 5.41) is 0. The summed E-state index contributed by atoms with van der Waals surface area (Å²) in [5.74, 6) is 0.868. The molecule has 194 valence electrons. The summed E-state index contributed by atoms with van der Waals surface area (Å²) in [5.41, 5.74) is 4.31. The Morgan fingerprint density at radius 1 is 0.829 bits per heavy atom. The summed E-state index contributed by atoms with van der Waals surface area (Å²) in [6.45, 7) is 5.11. The summed E-state index contributed by atoms with van der Waals surface area (Å²) in [6.07, 6.45) is 21.6. The third-order valence-electron chi connectivity index (χ3n) is 7.57. The zero-order valence-corrected chi connectivity index (χ0v) is 22.4. The Morgan fingerprint density at radius 3 is 2.23 bits per heavy atom. The second-order valence-corrected chi connectivity index (χ2v) is 10.6. The predicted octanol–water partition coefficient (Wildman–Crippen LogP) is 9.87. The van der Waals surface area contributed by atoms with Crippen molar-refractivity contribution in [1.29, 1.82) is 0 Å². The third kappa shape index (κ3) is 9.58. The van der Waals surface area contributed by atoms with Crippen molar-refractivity contribution in [1.82, 2.24) is 4.98 Å². The highest BCUT2D eigenvalue weighted by Crippen LogP contribution is 2.31. The average Bonchev–Trinajstić information content (AvgIpc) is 2.88. The highest BCUT2D eigenvalue weighted by molar-refractivity contribution is 5.61. The molecule has 0 radical (unpaired) electrons. The lowest BCUT2D eigenvalue weighted by Gasteiger charge is -2.24. The van der Waals surface area contributed by atoms with Crippen LogP contribution in [-0.2, 0) is 12.8 Å². The van der Waals surface area contributed by atoms with E-state index in [2.05, 4.69) is 26.0 Å². The van der Waals surface area contributed by atoms with Gasteiger partial charge in [-0.15, -0.1) is 0 Å². The van der Waals surface area contributed by atoms with E-state index in [4.69, 9.17) is 9.72 Å². The van der Waals surface area contributed by atoms with E-state index in [1.54, 1.807) is 12.1 Å². The van der Waals surface area contributed by atoms with E-state index in [0.717, 1.165) is 42.9 Å². The van der Waals surface area contributed by atoms with Crippen molar-refractivity contribution >= 4 is 0 Å². The molecule has 0 aliphatic heterocycles. The largest absolute Gasteiger partial charge is 0.491 e. The fourth-order valence-corrected chi connectivity index (χ4v) is 5.33. The minimum Gasteiger partial charge on any atom is -0.491 e. The molecule has 1 aliphatic carbocycles. The Labute approximate surface area is 214 Å². The molecule has 2 nitrogen and oxygen atoms in total. The first kappa shape index (κ1) is 27.7. The SMILES string of the molecule is CCCCCCCCCCOc1ccc(-c2ccc3c(n2)CCC(CCCCCCC)C3)cc1F. The van der Waals surface area contributed by atoms with Gasteiger partial charge in [0.05, 0.1) is 12.3 Å². The van der Waals surface area contributed by atoms with E-state index in [1.807, 2.05) is 6.07 Å². The molecule has 1 unspecified atom stereocenters. The molecule has 0 saturated carbocycles. The van der Waals surface area contributed by atoms with Crippen molar-refractivity contribution in [3.8, 4) is 17.0 Å². The van der Waals surface area contributed by atoms with E-state index >= 15 is 0 Å². The number of ether oxygens (including phenoxy) is 1. The second-order valence-electron chi connectivity index (χ2n) is 10.6. The van der Waals surface area contributed by atoms with E-state index in [9.17, 15) is 4.39 Å². The Morgan fingerprint density at radius 2 is 1.51 bits per heavy atom. The van der Waals surface area contributed by atoms with Crippen LogP contribution in [0.2, 0.25) is 0 Å². The van der Waals surface area contributed by atoms with Crippen molar-refractivity contribution in [3.05, 3.63) is 47.4 Å². The molecule has 1 atom stereocenters. The number of hydrogen-bond donors (Lipinski definition) is 0. The predicted molar refractivity (Wildman–Crippen MR) is 147 cm³/mol. The number of halogens is 1. The molecule has 0 bridgehead atoms. The van der Waals surface area contributed by atoms with Crippen LogP contribution in [0.15, 0.2) is 30.3 Å². The van der Waals surface area contributed by atoms with Gasteiger partial charge in [0.1, 0.15) is 0 Å². The van der Waals surface area contributed by atoms with Crippen molar-refractivity contribution < 1.29 is 9.13 Å². The maximum Gasteiger partial charge on any atom is 0.165 e. The quantitative estimate of drug-likeness (QED) is 0.210. The Kier molecular flexibility index (Phi) is 12.6. The number of unbranched alkanes of at least 4 members (excludes halogenated alkanes) is 11. The van der Waals surface area contributed by atoms with Gasteiger partial charge >= 0.3 is 0 Å². The first-order valence-electron chi connectivity index (χ1n) is 14.6. The molecule has 35 heavy (non-hydrogen) atoms.